The summed E-state index contributed by atoms with van der Waals surface area (Å²) in [5, 5.41) is 3.36. The Labute approximate surface area is 97.4 Å². The Morgan fingerprint density at radius 1 is 1.33 bits per heavy atom. The molecule has 1 aromatic carbocycles. The van der Waals surface area contributed by atoms with E-state index in [1.54, 1.807) is 0 Å². The molecule has 3 heteroatoms. The first-order chi connectivity index (χ1) is 6.84. The summed E-state index contributed by atoms with van der Waals surface area (Å²) in [6, 6.07) is 8.65. The lowest BCUT2D eigenvalue weighted by atomic mass is 10.1. The van der Waals surface area contributed by atoms with Crippen LogP contribution in [0.3, 0.4) is 0 Å². The Hall–Kier alpha value is -0.570. The van der Waals surface area contributed by atoms with E-state index >= 15 is 0 Å². The summed E-state index contributed by atoms with van der Waals surface area (Å²) in [5.41, 5.74) is 2.65. The van der Waals surface area contributed by atoms with Crippen LogP contribution in [0.5, 0.6) is 0 Å². The molecule has 1 N–H and O–H groups in total. The number of ether oxygens (including phenoxy) is 1. The molecule has 0 saturated carbocycles. The summed E-state index contributed by atoms with van der Waals surface area (Å²) in [4.78, 5) is 0. The molecular weight excluding hydrogens is 210 g/mol. The van der Waals surface area contributed by atoms with E-state index in [0.717, 1.165) is 26.0 Å². The summed E-state index contributed by atoms with van der Waals surface area (Å²) in [6.45, 7) is 4.08. The van der Waals surface area contributed by atoms with E-state index in [0.29, 0.717) is 0 Å². The average molecular weight is 228 g/mol. The Bertz CT molecular complexity index is 280. The van der Waals surface area contributed by atoms with Crippen molar-refractivity contribution < 1.29 is 4.74 Å². The zero-order valence-corrected chi connectivity index (χ0v) is 9.85. The van der Waals surface area contributed by atoms with Gasteiger partial charge in [-0.2, -0.15) is 0 Å². The zero-order chi connectivity index (χ0) is 9.80. The Morgan fingerprint density at radius 2 is 2.07 bits per heavy atom. The Balaban J connectivity index is 0.00000112. The van der Waals surface area contributed by atoms with Crippen LogP contribution >= 0.6 is 12.4 Å². The topological polar surface area (TPSA) is 21.3 Å². The van der Waals surface area contributed by atoms with Gasteiger partial charge in [0.25, 0.3) is 0 Å². The number of hydrogen-bond donors (Lipinski definition) is 1. The number of nitrogens with one attached hydrogen (secondary N) is 1. The van der Waals surface area contributed by atoms with Gasteiger partial charge in [-0.15, -0.1) is 12.4 Å². The molecule has 1 saturated heterocycles. The third-order valence-corrected chi connectivity index (χ3v) is 2.55. The van der Waals surface area contributed by atoms with E-state index < -0.39 is 0 Å². The fourth-order valence-corrected chi connectivity index (χ4v) is 1.69. The number of benzene rings is 1. The number of rotatable bonds is 2. The first-order valence-electron chi connectivity index (χ1n) is 5.25. The van der Waals surface area contributed by atoms with Gasteiger partial charge in [0.05, 0.1) is 0 Å². The maximum Gasteiger partial charge on any atom is 0.112 e. The second kappa shape index (κ2) is 6.11. The van der Waals surface area contributed by atoms with E-state index in [2.05, 4.69) is 36.5 Å². The molecule has 1 aliphatic heterocycles. The Morgan fingerprint density at radius 3 is 2.67 bits per heavy atom. The van der Waals surface area contributed by atoms with E-state index in [1.165, 1.54) is 11.1 Å². The second-order valence-electron chi connectivity index (χ2n) is 3.86. The number of halogens is 1. The SMILES string of the molecule is Cc1ccc(CC2NCCCO2)cc1.Cl. The van der Waals surface area contributed by atoms with Gasteiger partial charge in [0.15, 0.2) is 0 Å². The maximum absolute atomic E-state index is 5.60. The molecule has 2 rings (SSSR count). The molecule has 0 aliphatic carbocycles. The highest BCUT2D eigenvalue weighted by Gasteiger charge is 2.12. The largest absolute Gasteiger partial charge is 0.363 e. The van der Waals surface area contributed by atoms with Crippen LogP contribution in [0.1, 0.15) is 17.5 Å². The summed E-state index contributed by atoms with van der Waals surface area (Å²) >= 11 is 0. The highest BCUT2D eigenvalue weighted by Crippen LogP contribution is 2.08. The summed E-state index contributed by atoms with van der Waals surface area (Å²) in [7, 11) is 0. The molecule has 15 heavy (non-hydrogen) atoms. The van der Waals surface area contributed by atoms with Crippen molar-refractivity contribution in [3.63, 3.8) is 0 Å². The normalized spacial score (nSPS) is 20.7. The van der Waals surface area contributed by atoms with E-state index in [4.69, 9.17) is 4.74 Å². The summed E-state index contributed by atoms with van der Waals surface area (Å²) < 4.78 is 5.60. The van der Waals surface area contributed by atoms with Crippen molar-refractivity contribution >= 4 is 12.4 Å². The van der Waals surface area contributed by atoms with Crippen LogP contribution in [0.4, 0.5) is 0 Å². The van der Waals surface area contributed by atoms with Crippen molar-refractivity contribution in [1.29, 1.82) is 0 Å². The minimum atomic E-state index is 0. The fourth-order valence-electron chi connectivity index (χ4n) is 1.69. The molecule has 1 heterocycles. The predicted molar refractivity (Wildman–Crippen MR) is 64.5 cm³/mol. The smallest absolute Gasteiger partial charge is 0.112 e. The van der Waals surface area contributed by atoms with Crippen molar-refractivity contribution in [3.05, 3.63) is 35.4 Å². The third kappa shape index (κ3) is 3.82. The average Bonchev–Trinajstić information content (AvgIpc) is 2.23. The lowest BCUT2D eigenvalue weighted by Gasteiger charge is -2.24. The monoisotopic (exact) mass is 227 g/mol. The van der Waals surface area contributed by atoms with Crippen LogP contribution in [0, 0.1) is 6.92 Å². The minimum absolute atomic E-state index is 0. The van der Waals surface area contributed by atoms with Crippen molar-refractivity contribution in [1.82, 2.24) is 5.32 Å². The molecule has 2 nitrogen and oxygen atoms in total. The third-order valence-electron chi connectivity index (χ3n) is 2.55. The van der Waals surface area contributed by atoms with E-state index in [-0.39, 0.29) is 18.6 Å². The van der Waals surface area contributed by atoms with Crippen LogP contribution in [0.2, 0.25) is 0 Å². The molecule has 1 fully saturated rings. The minimum Gasteiger partial charge on any atom is -0.363 e. The van der Waals surface area contributed by atoms with Crippen LogP contribution in [0.15, 0.2) is 24.3 Å². The molecule has 0 radical (unpaired) electrons. The highest BCUT2D eigenvalue weighted by atomic mass is 35.5. The van der Waals surface area contributed by atoms with Crippen molar-refractivity contribution in [2.45, 2.75) is 26.0 Å². The molecule has 0 aromatic heterocycles. The predicted octanol–water partition coefficient (Wildman–Crippen LogP) is 2.30. The van der Waals surface area contributed by atoms with Crippen molar-refractivity contribution in [2.24, 2.45) is 0 Å². The van der Waals surface area contributed by atoms with Crippen LogP contribution in [0.25, 0.3) is 0 Å². The molecule has 1 aromatic rings. The van der Waals surface area contributed by atoms with E-state index in [9.17, 15) is 0 Å². The second-order valence-corrected chi connectivity index (χ2v) is 3.86. The Kier molecular flexibility index (Phi) is 5.09. The van der Waals surface area contributed by atoms with E-state index in [1.807, 2.05) is 0 Å². The number of aryl methyl sites for hydroxylation is 1. The van der Waals surface area contributed by atoms with Gasteiger partial charge in [-0.25, -0.2) is 0 Å². The molecule has 84 valence electrons. The van der Waals surface area contributed by atoms with Gasteiger partial charge in [-0.05, 0) is 25.5 Å². The lowest BCUT2D eigenvalue weighted by Crippen LogP contribution is -2.39. The first kappa shape index (κ1) is 12.5. The van der Waals surface area contributed by atoms with Gasteiger partial charge < -0.3 is 4.74 Å². The molecule has 1 unspecified atom stereocenters. The molecule has 0 bridgehead atoms. The summed E-state index contributed by atoms with van der Waals surface area (Å²) in [6.07, 6.45) is 2.32. The maximum atomic E-state index is 5.60. The van der Waals surface area contributed by atoms with Gasteiger partial charge in [0.2, 0.25) is 0 Å². The van der Waals surface area contributed by atoms with Gasteiger partial charge in [0, 0.05) is 13.0 Å². The highest BCUT2D eigenvalue weighted by molar-refractivity contribution is 5.85. The lowest BCUT2D eigenvalue weighted by molar-refractivity contribution is 0.00195. The molecule has 1 aliphatic rings. The van der Waals surface area contributed by atoms with Gasteiger partial charge >= 0.3 is 0 Å². The fraction of sp³-hybridized carbons (Fsp3) is 0.500. The van der Waals surface area contributed by atoms with Gasteiger partial charge in [0.1, 0.15) is 6.23 Å². The zero-order valence-electron chi connectivity index (χ0n) is 9.03. The van der Waals surface area contributed by atoms with Gasteiger partial charge in [-0.1, -0.05) is 29.8 Å². The quantitative estimate of drug-likeness (QED) is 0.837. The van der Waals surface area contributed by atoms with Crippen LogP contribution < -0.4 is 5.32 Å². The first-order valence-corrected chi connectivity index (χ1v) is 5.25. The van der Waals surface area contributed by atoms with Crippen molar-refractivity contribution in [2.75, 3.05) is 13.2 Å². The molecule has 0 spiro atoms. The van der Waals surface area contributed by atoms with Crippen LogP contribution in [-0.2, 0) is 11.2 Å². The molecule has 0 amide bonds. The summed E-state index contributed by atoms with van der Waals surface area (Å²) in [5.74, 6) is 0. The van der Waals surface area contributed by atoms with Crippen molar-refractivity contribution in [3.8, 4) is 0 Å². The number of hydrogen-bond acceptors (Lipinski definition) is 2. The molecular formula is C12H18ClNO. The molecule has 1 atom stereocenters. The van der Waals surface area contributed by atoms with Gasteiger partial charge in [-0.3, -0.25) is 5.32 Å². The standard InChI is InChI=1S/C12H17NO.ClH/c1-10-3-5-11(6-4-10)9-12-13-7-2-8-14-12;/h3-6,12-13H,2,7-9H2,1H3;1H. The van der Waals surface area contributed by atoms with Crippen LogP contribution in [-0.4, -0.2) is 19.4 Å².